The fourth-order valence-electron chi connectivity index (χ4n) is 1.33. The third-order valence-corrected chi connectivity index (χ3v) is 2.47. The molecule has 98 valence electrons. The molecule has 18 heavy (non-hydrogen) atoms. The van der Waals surface area contributed by atoms with E-state index in [0.29, 0.717) is 36.8 Å². The van der Waals surface area contributed by atoms with Gasteiger partial charge in [-0.1, -0.05) is 12.2 Å². The van der Waals surface area contributed by atoms with E-state index < -0.39 is 0 Å². The Morgan fingerprint density at radius 1 is 1.50 bits per heavy atom. The van der Waals surface area contributed by atoms with E-state index >= 15 is 0 Å². The van der Waals surface area contributed by atoms with Gasteiger partial charge in [0.05, 0.1) is 17.8 Å². The predicted molar refractivity (Wildman–Crippen MR) is 71.2 cm³/mol. The minimum absolute atomic E-state index is 0.198. The number of thiocarbonyl (C=S) groups is 1. The van der Waals surface area contributed by atoms with Crippen LogP contribution in [0.4, 0.5) is 0 Å². The maximum absolute atomic E-state index is 12.1. The molecular formula is C11H16N4O2S. The summed E-state index contributed by atoms with van der Waals surface area (Å²) in [5, 5.41) is 0. The Kier molecular flexibility index (Phi) is 6.16. The second-order valence-corrected chi connectivity index (χ2v) is 4.12. The molecule has 1 aromatic rings. The number of hydrogen-bond donors (Lipinski definition) is 1. The molecule has 1 rings (SSSR count). The molecule has 0 aromatic carbocycles. The minimum Gasteiger partial charge on any atom is -0.393 e. The molecule has 1 aromatic heterocycles. The van der Waals surface area contributed by atoms with E-state index in [-0.39, 0.29) is 5.91 Å². The third kappa shape index (κ3) is 4.72. The van der Waals surface area contributed by atoms with E-state index in [1.807, 2.05) is 0 Å². The number of amides is 1. The van der Waals surface area contributed by atoms with Crippen molar-refractivity contribution in [1.29, 1.82) is 0 Å². The molecule has 0 radical (unpaired) electrons. The normalized spacial score (nSPS) is 10.1. The molecule has 0 aliphatic heterocycles. The number of nitrogens with zero attached hydrogens (tertiary/aromatic N) is 3. The van der Waals surface area contributed by atoms with Crippen molar-refractivity contribution in [2.75, 3.05) is 26.8 Å². The lowest BCUT2D eigenvalue weighted by molar-refractivity contribution is 0.0695. The van der Waals surface area contributed by atoms with Gasteiger partial charge in [-0.15, -0.1) is 0 Å². The molecule has 0 spiro atoms. The molecule has 0 bridgehead atoms. The Labute approximate surface area is 111 Å². The van der Waals surface area contributed by atoms with Crippen LogP contribution in [0.3, 0.4) is 0 Å². The number of hydrogen-bond acceptors (Lipinski definition) is 5. The van der Waals surface area contributed by atoms with Gasteiger partial charge < -0.3 is 15.4 Å². The summed E-state index contributed by atoms with van der Waals surface area (Å²) in [7, 11) is 1.58. The molecule has 0 saturated heterocycles. The van der Waals surface area contributed by atoms with E-state index in [2.05, 4.69) is 9.97 Å². The first kappa shape index (κ1) is 14.5. The van der Waals surface area contributed by atoms with Crippen LogP contribution in [0.1, 0.15) is 16.9 Å². The molecular weight excluding hydrogens is 252 g/mol. The molecule has 0 aliphatic rings. The second-order valence-electron chi connectivity index (χ2n) is 3.59. The highest BCUT2D eigenvalue weighted by atomic mass is 32.1. The predicted octanol–water partition coefficient (Wildman–Crippen LogP) is 0.241. The van der Waals surface area contributed by atoms with Crippen LogP contribution in [0.5, 0.6) is 0 Å². The first-order chi connectivity index (χ1) is 8.65. The summed E-state index contributed by atoms with van der Waals surface area (Å²) in [5.41, 5.74) is 5.74. The Morgan fingerprint density at radius 3 is 2.83 bits per heavy atom. The van der Waals surface area contributed by atoms with Gasteiger partial charge in [0, 0.05) is 39.0 Å². The molecule has 0 atom stereocenters. The standard InChI is InChI=1S/C11H16N4O2S/c1-17-7-6-15(5-2-10(12)18)11(16)9-8-13-3-4-14-9/h3-4,8H,2,5-7H2,1H3,(H2,12,18). The van der Waals surface area contributed by atoms with Gasteiger partial charge in [-0.25, -0.2) is 4.98 Å². The van der Waals surface area contributed by atoms with Crippen molar-refractivity contribution in [3.05, 3.63) is 24.3 Å². The van der Waals surface area contributed by atoms with Crippen LogP contribution in [0.15, 0.2) is 18.6 Å². The van der Waals surface area contributed by atoms with Crippen molar-refractivity contribution >= 4 is 23.1 Å². The van der Waals surface area contributed by atoms with Crippen LogP contribution >= 0.6 is 12.2 Å². The summed E-state index contributed by atoms with van der Waals surface area (Å²) in [6, 6.07) is 0. The van der Waals surface area contributed by atoms with Crippen LogP contribution in [-0.4, -0.2) is 52.6 Å². The van der Waals surface area contributed by atoms with Gasteiger partial charge in [-0.05, 0) is 0 Å². The third-order valence-electron chi connectivity index (χ3n) is 2.26. The van der Waals surface area contributed by atoms with Crippen molar-refractivity contribution < 1.29 is 9.53 Å². The Hall–Kier alpha value is -1.60. The average molecular weight is 268 g/mol. The topological polar surface area (TPSA) is 81.3 Å². The van der Waals surface area contributed by atoms with Gasteiger partial charge in [0.1, 0.15) is 5.69 Å². The molecule has 2 N–H and O–H groups in total. The zero-order valence-corrected chi connectivity index (χ0v) is 11.0. The number of carbonyl (C=O) groups is 1. The lowest BCUT2D eigenvalue weighted by Gasteiger charge is -2.21. The van der Waals surface area contributed by atoms with Crippen LogP contribution in [0.2, 0.25) is 0 Å². The van der Waals surface area contributed by atoms with E-state index in [9.17, 15) is 4.79 Å². The molecule has 7 heteroatoms. The summed E-state index contributed by atoms with van der Waals surface area (Å²) in [6.07, 6.45) is 4.91. The summed E-state index contributed by atoms with van der Waals surface area (Å²) in [4.78, 5) is 22.0. The highest BCUT2D eigenvalue weighted by Gasteiger charge is 2.16. The van der Waals surface area contributed by atoms with Crippen LogP contribution in [-0.2, 0) is 4.74 Å². The summed E-state index contributed by atoms with van der Waals surface area (Å²) in [5.74, 6) is -0.198. The van der Waals surface area contributed by atoms with Crippen LogP contribution in [0, 0.1) is 0 Å². The number of rotatable bonds is 7. The first-order valence-electron chi connectivity index (χ1n) is 5.47. The Morgan fingerprint density at radius 2 is 2.28 bits per heavy atom. The first-order valence-corrected chi connectivity index (χ1v) is 5.88. The van der Waals surface area contributed by atoms with Gasteiger partial charge in [-0.2, -0.15) is 0 Å². The largest absolute Gasteiger partial charge is 0.393 e. The van der Waals surface area contributed by atoms with Crippen LogP contribution in [0.25, 0.3) is 0 Å². The molecule has 0 saturated carbocycles. The fourth-order valence-corrected chi connectivity index (χ4v) is 1.42. The highest BCUT2D eigenvalue weighted by molar-refractivity contribution is 7.80. The number of aromatic nitrogens is 2. The number of carbonyl (C=O) groups excluding carboxylic acids is 1. The SMILES string of the molecule is COCCN(CCC(N)=S)C(=O)c1cnccn1. The van der Waals surface area contributed by atoms with Crippen molar-refractivity contribution in [2.45, 2.75) is 6.42 Å². The Bertz CT molecular complexity index is 399. The van der Waals surface area contributed by atoms with Crippen molar-refractivity contribution in [1.82, 2.24) is 14.9 Å². The lowest BCUT2D eigenvalue weighted by atomic mass is 10.3. The quantitative estimate of drug-likeness (QED) is 0.713. The number of methoxy groups -OCH3 is 1. The second kappa shape index (κ2) is 7.67. The fraction of sp³-hybridized carbons (Fsp3) is 0.455. The zero-order valence-electron chi connectivity index (χ0n) is 10.2. The maximum Gasteiger partial charge on any atom is 0.274 e. The summed E-state index contributed by atoms with van der Waals surface area (Å²) in [6.45, 7) is 1.37. The summed E-state index contributed by atoms with van der Waals surface area (Å²) >= 11 is 4.81. The van der Waals surface area contributed by atoms with E-state index in [1.54, 1.807) is 12.0 Å². The maximum atomic E-state index is 12.1. The number of nitrogens with two attached hydrogens (primary N) is 1. The smallest absolute Gasteiger partial charge is 0.274 e. The van der Waals surface area contributed by atoms with Gasteiger partial charge in [-0.3, -0.25) is 9.78 Å². The van der Waals surface area contributed by atoms with E-state index in [1.165, 1.54) is 18.6 Å². The minimum atomic E-state index is -0.198. The molecule has 1 amide bonds. The van der Waals surface area contributed by atoms with Crippen molar-refractivity contribution in [3.63, 3.8) is 0 Å². The molecule has 6 nitrogen and oxygen atoms in total. The van der Waals surface area contributed by atoms with Gasteiger partial charge in [0.25, 0.3) is 5.91 Å². The number of ether oxygens (including phenoxy) is 1. The molecule has 0 aliphatic carbocycles. The van der Waals surface area contributed by atoms with Crippen molar-refractivity contribution in [2.24, 2.45) is 5.73 Å². The van der Waals surface area contributed by atoms with Gasteiger partial charge in [0.2, 0.25) is 0 Å². The van der Waals surface area contributed by atoms with Crippen LogP contribution < -0.4 is 5.73 Å². The van der Waals surface area contributed by atoms with Gasteiger partial charge in [0.15, 0.2) is 0 Å². The van der Waals surface area contributed by atoms with E-state index in [0.717, 1.165) is 0 Å². The van der Waals surface area contributed by atoms with Gasteiger partial charge >= 0.3 is 0 Å². The molecule has 1 heterocycles. The zero-order chi connectivity index (χ0) is 13.4. The monoisotopic (exact) mass is 268 g/mol. The Balaban J connectivity index is 2.69. The van der Waals surface area contributed by atoms with Crippen molar-refractivity contribution in [3.8, 4) is 0 Å². The molecule has 0 fully saturated rings. The average Bonchev–Trinajstić information content (AvgIpc) is 2.39. The molecule has 0 unspecified atom stereocenters. The summed E-state index contributed by atoms with van der Waals surface area (Å²) < 4.78 is 4.97. The highest BCUT2D eigenvalue weighted by Crippen LogP contribution is 2.01. The lowest BCUT2D eigenvalue weighted by Crippen LogP contribution is -2.36. The van der Waals surface area contributed by atoms with E-state index in [4.69, 9.17) is 22.7 Å².